The number of hydrogen-bond donors (Lipinski definition) is 3. The molecule has 0 aliphatic carbocycles. The van der Waals surface area contributed by atoms with Gasteiger partial charge in [-0.2, -0.15) is 0 Å². The molecule has 0 spiro atoms. The van der Waals surface area contributed by atoms with E-state index in [2.05, 4.69) is 0 Å². The van der Waals surface area contributed by atoms with E-state index in [9.17, 15) is 9.59 Å². The predicted octanol–water partition coefficient (Wildman–Crippen LogP) is -4.58. The molecular weight excluding hydrogens is 214 g/mol. The summed E-state index contributed by atoms with van der Waals surface area (Å²) in [4.78, 5) is 19.6. The maximum atomic E-state index is 9.85. The second-order valence-corrected chi connectivity index (χ2v) is 1.54. The van der Waals surface area contributed by atoms with Crippen LogP contribution in [-0.4, -0.2) is 73.2 Å². The molecule has 88 valence electrons. The maximum Gasteiger partial charge on any atom is 2.00 e. The van der Waals surface area contributed by atoms with Crippen LogP contribution in [0.15, 0.2) is 0 Å². The summed E-state index contributed by atoms with van der Waals surface area (Å²) >= 11 is 0. The Morgan fingerprint density at radius 1 is 1.14 bits per heavy atom. The molecule has 0 amide bonds. The minimum Gasteiger partial charge on any atom is -1.00 e. The standard InChI is InChI=1S/C4H7NO4.Mg.4H2O.2H/c5-2(4(8)9)1-3(6)7;;;;;;;/h2H,1,5H2,(H,6,7)(H,8,9);;4*1H2;;/q;+2;;;;;2*-1. The molecule has 0 heterocycles. The molecule has 12 N–H and O–H groups in total. The van der Waals surface area contributed by atoms with Gasteiger partial charge in [-0.3, -0.25) is 9.59 Å². The van der Waals surface area contributed by atoms with E-state index in [4.69, 9.17) is 15.9 Å². The van der Waals surface area contributed by atoms with Crippen LogP contribution in [0.2, 0.25) is 0 Å². The first-order valence-corrected chi connectivity index (χ1v) is 2.24. The first kappa shape index (κ1) is 37.5. The van der Waals surface area contributed by atoms with Crippen LogP contribution < -0.4 is 5.73 Å². The summed E-state index contributed by atoms with van der Waals surface area (Å²) in [7, 11) is 0. The van der Waals surface area contributed by atoms with E-state index in [1.807, 2.05) is 0 Å². The zero-order valence-electron chi connectivity index (χ0n) is 9.28. The Morgan fingerprint density at radius 3 is 1.50 bits per heavy atom. The minimum atomic E-state index is -1.29. The fourth-order valence-corrected chi connectivity index (χ4v) is 0.275. The fraction of sp³-hybridized carbons (Fsp3) is 0.500. The second-order valence-electron chi connectivity index (χ2n) is 1.54. The third-order valence-corrected chi connectivity index (χ3v) is 0.712. The molecule has 1 unspecified atom stereocenters. The van der Waals surface area contributed by atoms with Crippen LogP contribution in [0.1, 0.15) is 9.27 Å². The molecule has 1 atom stereocenters. The number of aliphatic carboxylic acids is 2. The van der Waals surface area contributed by atoms with Gasteiger partial charge in [-0.15, -0.1) is 0 Å². The third kappa shape index (κ3) is 22.5. The molecule has 0 aromatic carbocycles. The van der Waals surface area contributed by atoms with Crippen molar-refractivity contribution in [2.24, 2.45) is 5.73 Å². The largest absolute Gasteiger partial charge is 2.00 e. The molecule has 14 heavy (non-hydrogen) atoms. The van der Waals surface area contributed by atoms with E-state index in [0.29, 0.717) is 0 Å². The normalized spacial score (nSPS) is 8.07. The Morgan fingerprint density at radius 2 is 1.43 bits per heavy atom. The molecule has 10 heteroatoms. The van der Waals surface area contributed by atoms with Gasteiger partial charge < -0.3 is 40.7 Å². The van der Waals surface area contributed by atoms with Crippen molar-refractivity contribution in [2.75, 3.05) is 0 Å². The Hall–Kier alpha value is -0.494. The second kappa shape index (κ2) is 18.3. The SMILES string of the molecule is NC(CC(=O)O)C(=O)O.O.O.O.O.[H-].[H-].[Mg+2]. The summed E-state index contributed by atoms with van der Waals surface area (Å²) in [6, 6.07) is -1.29. The molecule has 0 bridgehead atoms. The monoisotopic (exact) mass is 231 g/mol. The van der Waals surface area contributed by atoms with E-state index >= 15 is 0 Å². The van der Waals surface area contributed by atoms with Gasteiger partial charge in [-0.05, 0) is 0 Å². The molecule has 0 rings (SSSR count). The molecule has 0 aliphatic heterocycles. The summed E-state index contributed by atoms with van der Waals surface area (Å²) in [5, 5.41) is 16.0. The number of rotatable bonds is 3. The average Bonchev–Trinajstić information content (AvgIpc) is 1.63. The molecule has 0 radical (unpaired) electrons. The summed E-state index contributed by atoms with van der Waals surface area (Å²) in [5.41, 5.74) is 4.84. The maximum absolute atomic E-state index is 9.85. The van der Waals surface area contributed by atoms with E-state index in [1.54, 1.807) is 0 Å². The number of nitrogens with two attached hydrogens (primary N) is 1. The average molecular weight is 231 g/mol. The van der Waals surface area contributed by atoms with Gasteiger partial charge in [0.25, 0.3) is 0 Å². The quantitative estimate of drug-likeness (QED) is 0.406. The van der Waals surface area contributed by atoms with Crippen LogP contribution in [0.4, 0.5) is 0 Å². The van der Waals surface area contributed by atoms with Crippen LogP contribution in [0.25, 0.3) is 0 Å². The van der Waals surface area contributed by atoms with Crippen LogP contribution in [0.3, 0.4) is 0 Å². The van der Waals surface area contributed by atoms with Crippen molar-refractivity contribution < 1.29 is 44.6 Å². The van der Waals surface area contributed by atoms with Crippen molar-refractivity contribution in [1.29, 1.82) is 0 Å². The molecule has 0 saturated heterocycles. The van der Waals surface area contributed by atoms with Gasteiger partial charge in [0.15, 0.2) is 0 Å². The number of carboxylic acids is 2. The fourth-order valence-electron chi connectivity index (χ4n) is 0.275. The van der Waals surface area contributed by atoms with Gasteiger partial charge in [-0.25, -0.2) is 0 Å². The Labute approximate surface area is 98.2 Å². The summed E-state index contributed by atoms with van der Waals surface area (Å²) in [5.74, 6) is -2.50. The van der Waals surface area contributed by atoms with Crippen molar-refractivity contribution in [3.05, 3.63) is 0 Å². The van der Waals surface area contributed by atoms with Crippen molar-refractivity contribution in [3.63, 3.8) is 0 Å². The Kier molecular flexibility index (Phi) is 49.1. The molecule has 9 nitrogen and oxygen atoms in total. The van der Waals surface area contributed by atoms with E-state index in [1.165, 1.54) is 0 Å². The van der Waals surface area contributed by atoms with E-state index in [-0.39, 0.29) is 47.8 Å². The molecule has 0 fully saturated rings. The van der Waals surface area contributed by atoms with Crippen molar-refractivity contribution in [2.45, 2.75) is 12.5 Å². The van der Waals surface area contributed by atoms with Crippen molar-refractivity contribution in [3.8, 4) is 0 Å². The molecule has 0 aromatic heterocycles. The summed E-state index contributed by atoms with van der Waals surface area (Å²) in [6.07, 6.45) is -0.532. The van der Waals surface area contributed by atoms with Crippen LogP contribution >= 0.6 is 0 Å². The van der Waals surface area contributed by atoms with Gasteiger partial charge in [0, 0.05) is 0 Å². The van der Waals surface area contributed by atoms with Gasteiger partial charge >= 0.3 is 35.0 Å². The van der Waals surface area contributed by atoms with Crippen LogP contribution in [0, 0.1) is 0 Å². The first-order valence-electron chi connectivity index (χ1n) is 2.24. The topological polar surface area (TPSA) is 227 Å². The minimum absolute atomic E-state index is 0. The zero-order chi connectivity index (χ0) is 7.44. The molecular formula is C4H17MgNO8. The Bertz CT molecular complexity index is 150. The van der Waals surface area contributed by atoms with E-state index < -0.39 is 24.4 Å². The van der Waals surface area contributed by atoms with Gasteiger partial charge in [0.2, 0.25) is 0 Å². The summed E-state index contributed by atoms with van der Waals surface area (Å²) < 4.78 is 0. The van der Waals surface area contributed by atoms with E-state index in [0.717, 1.165) is 0 Å². The van der Waals surface area contributed by atoms with Gasteiger partial charge in [-0.1, -0.05) is 0 Å². The first-order chi connectivity index (χ1) is 4.04. The van der Waals surface area contributed by atoms with Crippen LogP contribution in [0.5, 0.6) is 0 Å². The number of carboxylic acid groups (broad SMARTS) is 2. The zero-order valence-corrected chi connectivity index (χ0v) is 8.69. The molecule has 0 aliphatic rings. The number of hydrogen-bond acceptors (Lipinski definition) is 3. The van der Waals surface area contributed by atoms with Gasteiger partial charge in [0.1, 0.15) is 6.04 Å². The third-order valence-electron chi connectivity index (χ3n) is 0.712. The van der Waals surface area contributed by atoms with Crippen molar-refractivity contribution >= 4 is 35.0 Å². The number of carbonyl (C=O) groups is 2. The molecule has 0 saturated carbocycles. The van der Waals surface area contributed by atoms with Crippen LogP contribution in [-0.2, 0) is 9.59 Å². The molecule has 0 aromatic rings. The Balaban J connectivity index is -0.0000000152. The van der Waals surface area contributed by atoms with Gasteiger partial charge in [0.05, 0.1) is 6.42 Å². The smallest absolute Gasteiger partial charge is 1.00 e. The summed E-state index contributed by atoms with van der Waals surface area (Å²) in [6.45, 7) is 0. The van der Waals surface area contributed by atoms with Crippen molar-refractivity contribution in [1.82, 2.24) is 0 Å². The predicted molar refractivity (Wildman–Crippen MR) is 50.3 cm³/mol.